The molecule has 1 N–H and O–H groups in total. The normalized spacial score (nSPS) is 14.6. The topological polar surface area (TPSA) is 103 Å². The van der Waals surface area contributed by atoms with E-state index in [9.17, 15) is 4.79 Å². The zero-order chi connectivity index (χ0) is 22.3. The molecule has 2 aromatic heterocycles. The summed E-state index contributed by atoms with van der Waals surface area (Å²) in [6.45, 7) is 1.88. The molecule has 16 heteroatoms. The van der Waals surface area contributed by atoms with Gasteiger partial charge in [0.25, 0.3) is 0 Å². The smallest absolute Gasteiger partial charge is 0 e. The second-order valence-electron chi connectivity index (χ2n) is 5.55. The summed E-state index contributed by atoms with van der Waals surface area (Å²) in [6.07, 6.45) is 6.44. The minimum absolute atomic E-state index is 0. The number of nitrogens with one attached hydrogen (secondary N) is 1. The summed E-state index contributed by atoms with van der Waals surface area (Å²) in [7, 11) is 4.26. The van der Waals surface area contributed by atoms with Gasteiger partial charge in [-0.1, -0.05) is 0 Å². The Morgan fingerprint density at radius 2 is 1.74 bits per heavy atom. The van der Waals surface area contributed by atoms with Gasteiger partial charge in [-0.25, -0.2) is 9.35 Å². The van der Waals surface area contributed by atoms with Gasteiger partial charge in [0, 0.05) is 44.2 Å². The van der Waals surface area contributed by atoms with Crippen molar-refractivity contribution >= 4 is 72.7 Å². The van der Waals surface area contributed by atoms with Gasteiger partial charge in [-0.2, -0.15) is 40.6 Å². The molecule has 0 saturated carbocycles. The van der Waals surface area contributed by atoms with Crippen molar-refractivity contribution in [3.8, 4) is 0 Å². The average molecular weight is 603 g/mol. The van der Waals surface area contributed by atoms with Crippen molar-refractivity contribution in [3.05, 3.63) is 46.7 Å². The molecule has 0 aromatic carbocycles. The summed E-state index contributed by atoms with van der Waals surface area (Å²) in [5.74, 6) is 1.47. The molecule has 9 nitrogen and oxygen atoms in total. The summed E-state index contributed by atoms with van der Waals surface area (Å²) < 4.78 is 2.85. The third-order valence-electron chi connectivity index (χ3n) is 3.61. The predicted molar refractivity (Wildman–Crippen MR) is 121 cm³/mol. The van der Waals surface area contributed by atoms with Crippen LogP contribution in [0.25, 0.3) is 0 Å². The number of allylic oxidation sites excluding steroid dienone is 5. The van der Waals surface area contributed by atoms with Gasteiger partial charge in [0.15, 0.2) is 17.4 Å². The number of Topliss-reactive ketones (excluding diaryl/α,β-unsaturated/α-hetero) is 1. The van der Waals surface area contributed by atoms with Crippen LogP contribution in [0.3, 0.4) is 0 Å². The number of thiol groups is 2. The van der Waals surface area contributed by atoms with E-state index in [2.05, 4.69) is 80.9 Å². The fourth-order valence-electron chi connectivity index (χ4n) is 2.33. The molecule has 0 unspecified atom stereocenters. The first-order chi connectivity index (χ1) is 14.4. The standard InChI is InChI=1S/C15H16N8OS4.ClH.2Ni/c1-8-2-9(4-16-22-11(6-25)18-20-14(22)27)13(24)10(3-8)5-17-23-12(7-26)19-21-15(23)28;;;/h2-5,16,25-26H,6-7H2,1H3,(H,20,27)(H,21,28);1H;;/q;;;+1/p-3/b9-4-,17-5-;;;. The van der Waals surface area contributed by atoms with Gasteiger partial charge in [0.05, 0.1) is 17.7 Å². The summed E-state index contributed by atoms with van der Waals surface area (Å²) in [4.78, 5) is 12.8. The van der Waals surface area contributed by atoms with Gasteiger partial charge in [-0.05, 0) is 24.6 Å². The van der Waals surface area contributed by atoms with E-state index in [1.165, 1.54) is 21.8 Å². The SMILES string of the molecule is CC1=C/C(=C/Nn2c([S-])nnc2CS)C(=O)C(/C=N\n2c([S-])nnc2CS)=C1.[Cl][Ni].[Ni]. The Morgan fingerprint density at radius 3 is 2.39 bits per heavy atom. The van der Waals surface area contributed by atoms with Crippen molar-refractivity contribution in [1.29, 1.82) is 0 Å². The van der Waals surface area contributed by atoms with E-state index >= 15 is 0 Å². The molecule has 0 spiro atoms. The number of hydrogen-bond acceptors (Lipinski definition) is 11. The van der Waals surface area contributed by atoms with Gasteiger partial charge in [0.2, 0.25) is 0 Å². The Kier molecular flexibility index (Phi) is 12.3. The molecular weight excluding hydrogens is 589 g/mol. The fourth-order valence-corrected chi connectivity index (χ4v) is 3.12. The monoisotopic (exact) mass is 601 g/mol. The van der Waals surface area contributed by atoms with Gasteiger partial charge in [-0.15, -0.1) is 10.2 Å². The van der Waals surface area contributed by atoms with Crippen LogP contribution in [0.1, 0.15) is 18.6 Å². The predicted octanol–water partition coefficient (Wildman–Crippen LogP) is 1.64. The third-order valence-corrected chi connectivity index (χ3v) is 4.70. The molecular formula is C15H14ClN8Ni2OS4-2. The Morgan fingerprint density at radius 1 is 1.13 bits per heavy atom. The van der Waals surface area contributed by atoms with Crippen LogP contribution in [0.5, 0.6) is 0 Å². The van der Waals surface area contributed by atoms with Crippen LogP contribution in [-0.4, -0.2) is 41.7 Å². The van der Waals surface area contributed by atoms with Crippen LogP contribution in [0.2, 0.25) is 0 Å². The van der Waals surface area contributed by atoms with E-state index in [0.717, 1.165) is 5.57 Å². The number of nitrogens with zero attached hydrogens (tertiary/aromatic N) is 7. The molecule has 2 aromatic rings. The maximum Gasteiger partial charge on any atom is 0 e. The number of carbonyl (C=O) groups excluding carboxylic acids is 1. The number of hydrogen-bond donors (Lipinski definition) is 3. The minimum Gasteiger partial charge on any atom is 0 e. The first kappa shape index (κ1) is 28.1. The van der Waals surface area contributed by atoms with Crippen molar-refractivity contribution in [2.24, 2.45) is 5.10 Å². The molecule has 2 heterocycles. The zero-order valence-corrected chi connectivity index (χ0v) is 21.6. The van der Waals surface area contributed by atoms with Crippen LogP contribution in [0.15, 0.2) is 50.5 Å². The van der Waals surface area contributed by atoms with Gasteiger partial charge in [-0.3, -0.25) is 10.2 Å². The molecule has 3 rings (SSSR count). The van der Waals surface area contributed by atoms with Crippen LogP contribution < -0.4 is 5.43 Å². The van der Waals surface area contributed by atoms with E-state index in [-0.39, 0.29) is 32.6 Å². The Labute approximate surface area is 222 Å². The summed E-state index contributed by atoms with van der Waals surface area (Å²) in [5.41, 5.74) is 4.63. The maximum absolute atomic E-state index is 12.8. The molecule has 0 amide bonds. The fraction of sp³-hybridized carbons (Fsp3) is 0.200. The molecule has 0 atom stereocenters. The number of rotatable bonds is 6. The molecule has 1 aliphatic rings. The maximum atomic E-state index is 12.8. The van der Waals surface area contributed by atoms with Crippen molar-refractivity contribution in [2.45, 2.75) is 28.7 Å². The molecule has 0 aliphatic heterocycles. The summed E-state index contributed by atoms with van der Waals surface area (Å²) >= 11 is 21.9. The van der Waals surface area contributed by atoms with E-state index in [1.807, 2.05) is 6.92 Å². The van der Waals surface area contributed by atoms with E-state index in [0.29, 0.717) is 34.3 Å². The second kappa shape index (κ2) is 13.6. The second-order valence-corrected chi connectivity index (χ2v) is 6.91. The van der Waals surface area contributed by atoms with E-state index in [4.69, 9.17) is 25.3 Å². The van der Waals surface area contributed by atoms with Crippen molar-refractivity contribution in [1.82, 2.24) is 29.7 Å². The minimum atomic E-state index is -0.223. The Hall–Kier alpha value is -0.943. The Bertz CT molecular complexity index is 1050. The number of carbonyl (C=O) groups is 1. The van der Waals surface area contributed by atoms with Crippen LogP contribution in [-0.2, 0) is 72.6 Å². The molecule has 31 heavy (non-hydrogen) atoms. The van der Waals surface area contributed by atoms with Gasteiger partial charge < -0.3 is 25.3 Å². The van der Waals surface area contributed by atoms with Crippen LogP contribution in [0, 0.1) is 0 Å². The van der Waals surface area contributed by atoms with Gasteiger partial charge in [0.1, 0.15) is 0 Å². The third kappa shape index (κ3) is 7.02. The molecule has 173 valence electrons. The number of halogens is 1. The molecule has 0 bridgehead atoms. The number of aromatic nitrogens is 6. The molecule has 0 radical (unpaired) electrons. The summed E-state index contributed by atoms with van der Waals surface area (Å²) in [6, 6.07) is 0. The Balaban J connectivity index is 0.00000156. The quantitative estimate of drug-likeness (QED) is 0.151. The van der Waals surface area contributed by atoms with Crippen LogP contribution >= 0.6 is 35.5 Å². The zero-order valence-electron chi connectivity index (χ0n) is 15.5. The van der Waals surface area contributed by atoms with Gasteiger partial charge >= 0.3 is 24.8 Å². The van der Waals surface area contributed by atoms with E-state index in [1.54, 1.807) is 12.2 Å². The average Bonchev–Trinajstić information content (AvgIpc) is 3.30. The number of ketones is 1. The summed E-state index contributed by atoms with van der Waals surface area (Å²) in [5, 5.41) is 20.0. The van der Waals surface area contributed by atoms with Crippen molar-refractivity contribution < 1.29 is 35.9 Å². The molecule has 0 saturated heterocycles. The first-order valence-electron chi connectivity index (χ1n) is 7.96. The van der Waals surface area contributed by atoms with Crippen molar-refractivity contribution in [2.75, 3.05) is 5.43 Å². The van der Waals surface area contributed by atoms with Crippen molar-refractivity contribution in [3.63, 3.8) is 0 Å². The van der Waals surface area contributed by atoms with E-state index < -0.39 is 0 Å². The first-order valence-corrected chi connectivity index (χ1v) is 11.4. The molecule has 1 aliphatic carbocycles. The molecule has 0 fully saturated rings. The largest absolute Gasteiger partial charge is 0 e. The van der Waals surface area contributed by atoms with Crippen LogP contribution in [0.4, 0.5) is 0 Å².